The molecular formula is C10H13N3O2. The van der Waals surface area contributed by atoms with Gasteiger partial charge in [-0.3, -0.25) is 5.10 Å². The number of aromatic nitrogens is 2. The van der Waals surface area contributed by atoms with E-state index < -0.39 is 7.04 Å². The Morgan fingerprint density at radius 2 is 2.47 bits per heavy atom. The number of nitrogens with two attached hydrogens (primary N) is 1. The maximum atomic E-state index is 7.01. The molecule has 0 aliphatic heterocycles. The molecule has 0 radical (unpaired) electrons. The standard InChI is InChI=1S/C10H13N3O2/c1-14-5-6-3-4-7-8(9(6)15-2)10(11)13-12-7/h3-4H,5H2,1-2H3,(H3,11,12,13)/i1D3. The summed E-state index contributed by atoms with van der Waals surface area (Å²) in [5.74, 6) is 0.778. The number of benzene rings is 1. The van der Waals surface area contributed by atoms with E-state index in [1.54, 1.807) is 12.1 Å². The summed E-state index contributed by atoms with van der Waals surface area (Å²) in [7, 11) is -0.956. The van der Waals surface area contributed by atoms with Gasteiger partial charge in [-0.05, 0) is 6.07 Å². The molecule has 1 aromatic heterocycles. The van der Waals surface area contributed by atoms with E-state index in [4.69, 9.17) is 19.3 Å². The van der Waals surface area contributed by atoms with Crippen molar-refractivity contribution in [2.24, 2.45) is 0 Å². The number of ether oxygens (including phenoxy) is 2. The number of fused-ring (bicyclic) bond motifs is 1. The number of anilines is 1. The zero-order valence-electron chi connectivity index (χ0n) is 11.2. The third-order valence-corrected chi connectivity index (χ3v) is 2.22. The van der Waals surface area contributed by atoms with Crippen LogP contribution in [0, 0.1) is 0 Å². The molecule has 1 heterocycles. The molecule has 0 aliphatic rings. The second kappa shape index (κ2) is 3.78. The van der Waals surface area contributed by atoms with Crippen LogP contribution in [0.5, 0.6) is 5.75 Å². The maximum Gasteiger partial charge on any atom is 0.156 e. The lowest BCUT2D eigenvalue weighted by Gasteiger charge is -2.08. The first-order chi connectivity index (χ1) is 8.42. The van der Waals surface area contributed by atoms with Crippen LogP contribution in [0.4, 0.5) is 5.82 Å². The summed E-state index contributed by atoms with van der Waals surface area (Å²) >= 11 is 0. The van der Waals surface area contributed by atoms with Crippen molar-refractivity contribution in [2.45, 2.75) is 6.61 Å². The Bertz CT molecular complexity index is 565. The number of nitrogen functional groups attached to an aromatic ring is 1. The van der Waals surface area contributed by atoms with Crippen molar-refractivity contribution in [1.82, 2.24) is 10.2 Å². The number of rotatable bonds is 3. The molecular weight excluding hydrogens is 194 g/mol. The second-order valence-corrected chi connectivity index (χ2v) is 3.08. The Hall–Kier alpha value is -1.75. The largest absolute Gasteiger partial charge is 0.496 e. The highest BCUT2D eigenvalue weighted by Crippen LogP contribution is 2.32. The van der Waals surface area contributed by atoms with Crippen molar-refractivity contribution in [3.05, 3.63) is 17.7 Å². The fourth-order valence-corrected chi connectivity index (χ4v) is 1.57. The zero-order chi connectivity index (χ0) is 13.3. The van der Waals surface area contributed by atoms with Crippen LogP contribution in [0.1, 0.15) is 9.68 Å². The highest BCUT2D eigenvalue weighted by Gasteiger charge is 2.12. The van der Waals surface area contributed by atoms with Crippen molar-refractivity contribution in [2.75, 3.05) is 19.9 Å². The number of aromatic amines is 1. The normalized spacial score (nSPS) is 14.6. The van der Waals surface area contributed by atoms with Gasteiger partial charge in [0.2, 0.25) is 0 Å². The van der Waals surface area contributed by atoms with Gasteiger partial charge >= 0.3 is 0 Å². The molecule has 0 aliphatic carbocycles. The molecule has 1 aromatic carbocycles. The Morgan fingerprint density at radius 3 is 3.20 bits per heavy atom. The van der Waals surface area contributed by atoms with Gasteiger partial charge in [0.1, 0.15) is 5.75 Å². The lowest BCUT2D eigenvalue weighted by Crippen LogP contribution is -1.95. The van der Waals surface area contributed by atoms with Crippen LogP contribution in [0.3, 0.4) is 0 Å². The smallest absolute Gasteiger partial charge is 0.156 e. The Labute approximate surface area is 91.4 Å². The maximum absolute atomic E-state index is 7.01. The highest BCUT2D eigenvalue weighted by molar-refractivity contribution is 5.95. The fraction of sp³-hybridized carbons (Fsp3) is 0.300. The number of nitrogens with one attached hydrogen (secondary N) is 1. The fourth-order valence-electron chi connectivity index (χ4n) is 1.57. The molecule has 0 saturated carbocycles. The molecule has 0 amide bonds. The summed E-state index contributed by atoms with van der Waals surface area (Å²) in [6.07, 6.45) is 0. The Kier molecular flexibility index (Phi) is 1.68. The molecule has 0 fully saturated rings. The third-order valence-electron chi connectivity index (χ3n) is 2.22. The van der Waals surface area contributed by atoms with Gasteiger partial charge in [0.25, 0.3) is 0 Å². The van der Waals surface area contributed by atoms with Gasteiger partial charge in [-0.1, -0.05) is 6.07 Å². The van der Waals surface area contributed by atoms with Gasteiger partial charge in [-0.15, -0.1) is 0 Å². The minimum atomic E-state index is -2.44. The minimum absolute atomic E-state index is 0.0831. The number of H-pyrrole nitrogens is 1. The van der Waals surface area contributed by atoms with Gasteiger partial charge in [-0.25, -0.2) is 0 Å². The van der Waals surface area contributed by atoms with Gasteiger partial charge < -0.3 is 15.2 Å². The van der Waals surface area contributed by atoms with Crippen LogP contribution in [0.2, 0.25) is 0 Å². The van der Waals surface area contributed by atoms with Crippen LogP contribution in [-0.2, 0) is 11.3 Å². The summed E-state index contributed by atoms with van der Waals surface area (Å²) < 4.78 is 31.1. The van der Waals surface area contributed by atoms with Crippen molar-refractivity contribution < 1.29 is 13.6 Å². The first-order valence-electron chi connectivity index (χ1n) is 5.86. The topological polar surface area (TPSA) is 73.2 Å². The number of methoxy groups -OCH3 is 2. The first-order valence-corrected chi connectivity index (χ1v) is 4.36. The van der Waals surface area contributed by atoms with Crippen molar-refractivity contribution >= 4 is 16.7 Å². The summed E-state index contributed by atoms with van der Waals surface area (Å²) in [6.45, 7) is -0.0831. The van der Waals surface area contributed by atoms with Gasteiger partial charge in [0.15, 0.2) is 5.82 Å². The molecule has 0 bridgehead atoms. The van der Waals surface area contributed by atoms with E-state index in [-0.39, 0.29) is 6.61 Å². The van der Waals surface area contributed by atoms with E-state index in [9.17, 15) is 0 Å². The molecule has 80 valence electrons. The van der Waals surface area contributed by atoms with Gasteiger partial charge in [-0.2, -0.15) is 5.10 Å². The summed E-state index contributed by atoms with van der Waals surface area (Å²) in [4.78, 5) is 0. The molecule has 0 spiro atoms. The van der Waals surface area contributed by atoms with E-state index >= 15 is 0 Å². The predicted octanol–water partition coefficient (Wildman–Crippen LogP) is 1.30. The van der Waals surface area contributed by atoms with Crippen LogP contribution >= 0.6 is 0 Å². The van der Waals surface area contributed by atoms with Crippen molar-refractivity contribution in [1.29, 1.82) is 0 Å². The monoisotopic (exact) mass is 210 g/mol. The van der Waals surface area contributed by atoms with E-state index in [1.165, 1.54) is 7.11 Å². The van der Waals surface area contributed by atoms with Gasteiger partial charge in [0.05, 0.1) is 28.7 Å². The van der Waals surface area contributed by atoms with Crippen LogP contribution in [-0.4, -0.2) is 24.3 Å². The molecule has 5 nitrogen and oxygen atoms in total. The Balaban J connectivity index is 2.41. The third kappa shape index (κ3) is 1.50. The molecule has 2 rings (SSSR count). The number of hydrogen-bond donors (Lipinski definition) is 2. The van der Waals surface area contributed by atoms with E-state index in [2.05, 4.69) is 10.2 Å². The van der Waals surface area contributed by atoms with Crippen molar-refractivity contribution in [3.63, 3.8) is 0 Å². The van der Waals surface area contributed by atoms with Crippen LogP contribution in [0.15, 0.2) is 12.1 Å². The van der Waals surface area contributed by atoms with E-state index in [0.717, 1.165) is 5.52 Å². The quantitative estimate of drug-likeness (QED) is 0.800. The van der Waals surface area contributed by atoms with E-state index in [1.807, 2.05) is 0 Å². The molecule has 0 atom stereocenters. The average Bonchev–Trinajstić information content (AvgIpc) is 2.67. The molecule has 5 heteroatoms. The zero-order valence-corrected chi connectivity index (χ0v) is 8.20. The van der Waals surface area contributed by atoms with Crippen molar-refractivity contribution in [3.8, 4) is 5.75 Å². The molecule has 2 aromatic rings. The summed E-state index contributed by atoms with van der Waals surface area (Å²) in [6, 6.07) is 3.46. The summed E-state index contributed by atoms with van der Waals surface area (Å²) in [5.41, 5.74) is 7.06. The average molecular weight is 210 g/mol. The lowest BCUT2D eigenvalue weighted by atomic mass is 10.1. The number of hydrogen-bond acceptors (Lipinski definition) is 4. The molecule has 0 saturated heterocycles. The number of nitrogens with zero attached hydrogens (tertiary/aromatic N) is 1. The SMILES string of the molecule is [2H]C([2H])([2H])OCc1ccc2[nH]nc(N)c2c1OC. The van der Waals surface area contributed by atoms with Crippen LogP contribution in [0.25, 0.3) is 10.9 Å². The van der Waals surface area contributed by atoms with Crippen LogP contribution < -0.4 is 10.5 Å². The highest BCUT2D eigenvalue weighted by atomic mass is 16.5. The summed E-state index contributed by atoms with van der Waals surface area (Å²) in [5, 5.41) is 7.26. The second-order valence-electron chi connectivity index (χ2n) is 3.08. The molecule has 0 unspecified atom stereocenters. The predicted molar refractivity (Wildman–Crippen MR) is 57.8 cm³/mol. The minimum Gasteiger partial charge on any atom is -0.496 e. The Morgan fingerprint density at radius 1 is 1.60 bits per heavy atom. The van der Waals surface area contributed by atoms with Gasteiger partial charge in [0, 0.05) is 12.6 Å². The first kappa shape index (κ1) is 6.68. The van der Waals surface area contributed by atoms with E-state index in [0.29, 0.717) is 22.5 Å². The molecule has 3 N–H and O–H groups in total. The molecule has 15 heavy (non-hydrogen) atoms. The lowest BCUT2D eigenvalue weighted by molar-refractivity contribution is 0.182.